The van der Waals surface area contributed by atoms with Crippen LogP contribution in [0.15, 0.2) is 565 Å². The number of hydrogen-bond donors (Lipinski definition) is 0. The molecule has 0 aliphatic carbocycles. The van der Waals surface area contributed by atoms with Gasteiger partial charge in [-0.1, -0.05) is 382 Å². The maximum Gasteiger partial charge on any atom is 0.0963 e. The SMILES string of the molecule is c1ccc(-c2ccc(-n3c4cc(-c5cccc6c7ccccc7n(-c7ccc(-c8ccccc8)cc7)c56)ccc4c4ncccc43)cc2)cc1.c1ccc(-c2ccc(-n3c4cc(-c5cccc6c7ccccc7n(-c7cccc(-c8ccccc8)c7)c56)ccc4c4ncccc43)cc2)cc1.c1ccc(-c2cccc(-n3c4cc(-c5cccc6c7ccccc7n(-c7cccc(-c8ccccc8)c7)c56)ccc4c4ncccc43)c2)cc1. The molecule has 0 bridgehead atoms. The van der Waals surface area contributed by atoms with E-state index in [-0.39, 0.29) is 0 Å². The molecule has 21 aromatic carbocycles. The summed E-state index contributed by atoms with van der Waals surface area (Å²) in [5.41, 5.74) is 45.1. The van der Waals surface area contributed by atoms with Crippen molar-refractivity contribution in [1.82, 2.24) is 42.4 Å². The highest BCUT2D eigenvalue weighted by atomic mass is 15.0. The van der Waals surface area contributed by atoms with Gasteiger partial charge in [0.05, 0.1) is 82.8 Å². The Morgan fingerprint density at radius 1 is 0.113 bits per heavy atom. The Morgan fingerprint density at radius 2 is 0.327 bits per heavy atom. The molecule has 0 saturated carbocycles. The summed E-state index contributed by atoms with van der Waals surface area (Å²) in [7, 11) is 0. The van der Waals surface area contributed by atoms with Gasteiger partial charge in [0.2, 0.25) is 0 Å². The molecule has 0 unspecified atom stereocenters. The second kappa shape index (κ2) is 37.2. The number of hydrogen-bond acceptors (Lipinski definition) is 3. The lowest BCUT2D eigenvalue weighted by Gasteiger charge is -2.14. The summed E-state index contributed by atoms with van der Waals surface area (Å²) in [5, 5.41) is 10.9. The quantitative estimate of drug-likeness (QED) is 0.103. The third-order valence-electron chi connectivity index (χ3n) is 29.9. The van der Waals surface area contributed by atoms with Gasteiger partial charge in [0.25, 0.3) is 0 Å². The van der Waals surface area contributed by atoms with E-state index in [9.17, 15) is 0 Å². The molecule has 30 aromatic rings. The molecule has 0 atom stereocenters. The van der Waals surface area contributed by atoms with E-state index < -0.39 is 0 Å². The van der Waals surface area contributed by atoms with Gasteiger partial charge in [0, 0.05) is 118 Å². The van der Waals surface area contributed by atoms with Crippen LogP contribution in [0.3, 0.4) is 0 Å². The smallest absolute Gasteiger partial charge is 0.0963 e. The first-order chi connectivity index (χ1) is 74.4. The average molecular weight is 1910 g/mol. The monoisotopic (exact) mass is 1910 g/mol. The number of nitrogens with zero attached hydrogens (tertiary/aromatic N) is 9. The van der Waals surface area contributed by atoms with E-state index in [2.05, 4.69) is 555 Å². The molecule has 702 valence electrons. The van der Waals surface area contributed by atoms with Crippen molar-refractivity contribution in [3.8, 4) is 134 Å². The van der Waals surface area contributed by atoms with Gasteiger partial charge < -0.3 is 27.4 Å². The standard InChI is InChI=1S/3C47H31N3/c1-3-13-32(14-4-1)34-17-9-19-37(29-34)49-44-25-12-28-48-46(44)42-27-26-36(31-45(42)49)39-22-11-23-41-40-21-7-8-24-43(40)50(47(39)41)38-20-10-18-35(30-38)33-15-5-2-6-16-33;1-3-12-32(13-4-1)34-23-26-37(27-24-34)49-44-22-11-29-48-46(44)42-28-25-36(31-45(42)49)39-19-10-20-41-40-18-7-8-21-43(40)50(47(39)41)38-17-9-16-35(30-38)33-14-5-2-6-15-33;1-3-11-32(12-4-1)34-20-25-37(26-21-34)49-44-19-10-30-48-46(44)42-29-24-36(31-45(42)49)39-16-9-17-41-40-15-7-8-18-43(40)50(47(39)41)38-27-22-35(23-28-38)33-13-5-2-6-14-33/h3*1-31H. The van der Waals surface area contributed by atoms with E-state index in [4.69, 9.17) is 15.0 Å². The Labute approximate surface area is 866 Å². The number of aromatic nitrogens is 9. The minimum absolute atomic E-state index is 1.00. The Hall–Kier alpha value is -20.1. The highest BCUT2D eigenvalue weighted by Crippen LogP contribution is 2.48. The van der Waals surface area contributed by atoms with Gasteiger partial charge >= 0.3 is 0 Å². The molecule has 30 rings (SSSR count). The number of pyridine rings is 3. The lowest BCUT2D eigenvalue weighted by Crippen LogP contribution is -1.97. The maximum absolute atomic E-state index is 4.88. The fourth-order valence-electron chi connectivity index (χ4n) is 23.1. The van der Waals surface area contributed by atoms with Crippen LogP contribution in [0.2, 0.25) is 0 Å². The van der Waals surface area contributed by atoms with Crippen LogP contribution in [0, 0.1) is 0 Å². The molecule has 150 heavy (non-hydrogen) atoms. The molecule has 0 radical (unpaired) electrons. The van der Waals surface area contributed by atoms with Crippen molar-refractivity contribution in [3.05, 3.63) is 565 Å². The fourth-order valence-corrected chi connectivity index (χ4v) is 23.1. The fraction of sp³-hybridized carbons (Fsp3) is 0. The summed E-state index contributed by atoms with van der Waals surface area (Å²) in [6, 6.07) is 196. The Kier molecular flexibility index (Phi) is 21.8. The second-order valence-corrected chi connectivity index (χ2v) is 38.5. The van der Waals surface area contributed by atoms with Gasteiger partial charge in [-0.05, 0) is 247 Å². The zero-order chi connectivity index (χ0) is 99.1. The molecule has 0 N–H and O–H groups in total. The lowest BCUT2D eigenvalue weighted by atomic mass is 10.0. The van der Waals surface area contributed by atoms with Crippen LogP contribution in [-0.4, -0.2) is 42.4 Å². The molecule has 0 spiro atoms. The van der Waals surface area contributed by atoms with Crippen LogP contribution in [0.1, 0.15) is 0 Å². The summed E-state index contributed by atoms with van der Waals surface area (Å²) in [6.45, 7) is 0. The Balaban J connectivity index is 0.000000108. The highest BCUT2D eigenvalue weighted by molar-refractivity contribution is 6.19. The first-order valence-corrected chi connectivity index (χ1v) is 51.2. The molecule has 9 aromatic heterocycles. The van der Waals surface area contributed by atoms with E-state index in [1.54, 1.807) is 0 Å². The predicted octanol–water partition coefficient (Wildman–Crippen LogP) is 36.8. The van der Waals surface area contributed by atoms with E-state index in [1.165, 1.54) is 149 Å². The first-order valence-electron chi connectivity index (χ1n) is 51.2. The van der Waals surface area contributed by atoms with Gasteiger partial charge in [0.15, 0.2) is 0 Å². The second-order valence-electron chi connectivity index (χ2n) is 38.5. The normalized spacial score (nSPS) is 11.6. The molecule has 0 fully saturated rings. The minimum atomic E-state index is 1.00. The maximum atomic E-state index is 4.88. The van der Waals surface area contributed by atoms with Gasteiger partial charge in [-0.25, -0.2) is 0 Å². The number of fused-ring (bicyclic) bond motifs is 18. The van der Waals surface area contributed by atoms with E-state index in [0.717, 1.165) is 117 Å². The van der Waals surface area contributed by atoms with Crippen LogP contribution < -0.4 is 0 Å². The van der Waals surface area contributed by atoms with Crippen molar-refractivity contribution in [2.24, 2.45) is 0 Å². The van der Waals surface area contributed by atoms with Crippen molar-refractivity contribution in [2.45, 2.75) is 0 Å². The Bertz CT molecular complexity index is 10400. The number of benzene rings is 21. The van der Waals surface area contributed by atoms with Crippen molar-refractivity contribution in [3.63, 3.8) is 0 Å². The molecule has 0 aliphatic heterocycles. The van der Waals surface area contributed by atoms with Gasteiger partial charge in [-0.3, -0.25) is 15.0 Å². The zero-order valence-electron chi connectivity index (χ0n) is 81.7. The molecular formula is C141H93N9. The van der Waals surface area contributed by atoms with Crippen LogP contribution in [-0.2, 0) is 0 Å². The van der Waals surface area contributed by atoms with Crippen molar-refractivity contribution in [1.29, 1.82) is 0 Å². The third-order valence-corrected chi connectivity index (χ3v) is 29.9. The molecule has 0 aliphatic rings. The molecule has 9 heteroatoms. The van der Waals surface area contributed by atoms with Crippen molar-refractivity contribution >= 4 is 131 Å². The molecule has 9 heterocycles. The summed E-state index contributed by atoms with van der Waals surface area (Å²) in [6.07, 6.45) is 5.67. The average Bonchev–Trinajstić information content (AvgIpc) is 1.57. The summed E-state index contributed by atoms with van der Waals surface area (Å²) in [5.74, 6) is 0. The largest absolute Gasteiger partial charge is 0.309 e. The van der Waals surface area contributed by atoms with E-state index in [1.807, 2.05) is 36.8 Å². The number of rotatable bonds is 15. The molecule has 9 nitrogen and oxygen atoms in total. The lowest BCUT2D eigenvalue weighted by molar-refractivity contribution is 1.17. The van der Waals surface area contributed by atoms with Crippen LogP contribution in [0.5, 0.6) is 0 Å². The highest BCUT2D eigenvalue weighted by Gasteiger charge is 2.26. The van der Waals surface area contributed by atoms with E-state index in [0.29, 0.717) is 0 Å². The summed E-state index contributed by atoms with van der Waals surface area (Å²) < 4.78 is 14.4. The third kappa shape index (κ3) is 15.3. The summed E-state index contributed by atoms with van der Waals surface area (Å²) in [4.78, 5) is 14.6. The first kappa shape index (κ1) is 87.6. The van der Waals surface area contributed by atoms with E-state index >= 15 is 0 Å². The van der Waals surface area contributed by atoms with Gasteiger partial charge in [-0.2, -0.15) is 0 Å². The predicted molar refractivity (Wildman–Crippen MR) is 628 cm³/mol. The van der Waals surface area contributed by atoms with Crippen LogP contribution >= 0.6 is 0 Å². The topological polar surface area (TPSA) is 68.2 Å². The van der Waals surface area contributed by atoms with Crippen molar-refractivity contribution < 1.29 is 0 Å². The van der Waals surface area contributed by atoms with Gasteiger partial charge in [0.1, 0.15) is 0 Å². The van der Waals surface area contributed by atoms with Gasteiger partial charge in [-0.15, -0.1) is 0 Å². The molecular weight excluding hydrogens is 1820 g/mol. The molecule has 0 amide bonds. The molecule has 0 saturated heterocycles. The van der Waals surface area contributed by atoms with Crippen LogP contribution in [0.4, 0.5) is 0 Å². The zero-order valence-corrected chi connectivity index (χ0v) is 81.7. The Morgan fingerprint density at radius 3 is 0.627 bits per heavy atom. The van der Waals surface area contributed by atoms with Crippen molar-refractivity contribution in [2.75, 3.05) is 0 Å². The van der Waals surface area contributed by atoms with Crippen LogP contribution in [0.25, 0.3) is 265 Å². The minimum Gasteiger partial charge on any atom is -0.309 e. The summed E-state index contributed by atoms with van der Waals surface area (Å²) >= 11 is 0. The number of para-hydroxylation sites is 6.